The van der Waals surface area contributed by atoms with Crippen LogP contribution in [-0.2, 0) is 19.4 Å². The van der Waals surface area contributed by atoms with Crippen molar-refractivity contribution in [3.8, 4) is 5.75 Å². The Kier molecular flexibility index (Phi) is 6.65. The Morgan fingerprint density at radius 2 is 1.66 bits per heavy atom. The van der Waals surface area contributed by atoms with E-state index in [0.29, 0.717) is 12.2 Å². The summed E-state index contributed by atoms with van der Waals surface area (Å²) in [4.78, 5) is 14.9. The third kappa shape index (κ3) is 4.68. The highest BCUT2D eigenvalue weighted by Crippen LogP contribution is 2.43. The van der Waals surface area contributed by atoms with Gasteiger partial charge in [-0.05, 0) is 65.6 Å². The van der Waals surface area contributed by atoms with Gasteiger partial charge >= 0.3 is 0 Å². The summed E-state index contributed by atoms with van der Waals surface area (Å²) in [5.74, 6) is 0.893. The van der Waals surface area contributed by atoms with Crippen LogP contribution in [0.25, 0.3) is 10.8 Å². The predicted molar refractivity (Wildman–Crippen MR) is 159 cm³/mol. The number of hydrogen-bond acceptors (Lipinski definition) is 3. The molecule has 38 heavy (non-hydrogen) atoms. The fourth-order valence-electron chi connectivity index (χ4n) is 5.64. The lowest BCUT2D eigenvalue weighted by Gasteiger charge is -2.31. The Morgan fingerprint density at radius 3 is 2.50 bits per heavy atom. The second-order valence-electron chi connectivity index (χ2n) is 9.92. The number of nitrogens with zero attached hydrogens (tertiary/aromatic N) is 1. The molecule has 4 heteroatoms. The lowest BCUT2D eigenvalue weighted by molar-refractivity contribution is 0.109. The Morgan fingerprint density at radius 1 is 0.868 bits per heavy atom. The lowest BCUT2D eigenvalue weighted by Crippen LogP contribution is -2.31. The molecule has 1 aliphatic rings. The smallest absolute Gasteiger partial charge is 0.218 e. The molecule has 5 aromatic rings. The van der Waals surface area contributed by atoms with E-state index in [2.05, 4.69) is 97.2 Å². The molecule has 0 saturated heterocycles. The van der Waals surface area contributed by atoms with E-state index in [1.165, 1.54) is 16.8 Å². The van der Waals surface area contributed by atoms with Crippen molar-refractivity contribution in [2.24, 2.45) is 0 Å². The average Bonchev–Trinajstić information content (AvgIpc) is 3.29. The summed E-state index contributed by atoms with van der Waals surface area (Å²) >= 11 is 4.21. The zero-order valence-corrected chi connectivity index (χ0v) is 22.2. The van der Waals surface area contributed by atoms with Gasteiger partial charge in [-0.15, -0.1) is 12.6 Å². The predicted octanol–water partition coefficient (Wildman–Crippen LogP) is 8.10. The van der Waals surface area contributed by atoms with Crippen LogP contribution in [0.5, 0.6) is 5.75 Å². The second-order valence-corrected chi connectivity index (χ2v) is 10.3. The zero-order valence-electron chi connectivity index (χ0n) is 21.3. The van der Waals surface area contributed by atoms with Crippen LogP contribution >= 0.6 is 12.6 Å². The Balaban J connectivity index is 1.32. The second kappa shape index (κ2) is 10.4. The molecule has 3 nitrogen and oxygen atoms in total. The molecule has 0 aliphatic carbocycles. The molecule has 1 unspecified atom stereocenters. The maximum atomic E-state index is 12.5. The molecule has 0 amide bonds. The van der Waals surface area contributed by atoms with E-state index in [4.69, 9.17) is 4.74 Å². The normalized spacial score (nSPS) is 14.5. The maximum absolute atomic E-state index is 12.5. The van der Waals surface area contributed by atoms with Gasteiger partial charge in [0.05, 0.1) is 11.3 Å². The zero-order chi connectivity index (χ0) is 26.1. The Labute approximate surface area is 229 Å². The molecule has 0 radical (unpaired) electrons. The molecule has 0 saturated carbocycles. The van der Waals surface area contributed by atoms with Crippen molar-refractivity contribution in [2.45, 2.75) is 32.4 Å². The van der Waals surface area contributed by atoms with Gasteiger partial charge in [0.2, 0.25) is 5.12 Å². The summed E-state index contributed by atoms with van der Waals surface area (Å²) in [7, 11) is 0. The van der Waals surface area contributed by atoms with E-state index >= 15 is 0 Å². The lowest BCUT2D eigenvalue weighted by atomic mass is 9.98. The van der Waals surface area contributed by atoms with Crippen molar-refractivity contribution in [3.05, 3.63) is 137 Å². The van der Waals surface area contributed by atoms with Crippen LogP contribution in [0.2, 0.25) is 0 Å². The van der Waals surface area contributed by atoms with Crippen molar-refractivity contribution < 1.29 is 9.53 Å². The van der Waals surface area contributed by atoms with Crippen molar-refractivity contribution in [1.29, 1.82) is 0 Å². The van der Waals surface area contributed by atoms with Gasteiger partial charge in [0.15, 0.2) is 0 Å². The first kappa shape index (κ1) is 24.3. The fourth-order valence-corrected chi connectivity index (χ4v) is 5.82. The fraction of sp³-hybridized carbons (Fsp3) is 0.147. The first-order valence-electron chi connectivity index (χ1n) is 13.0. The third-order valence-electron chi connectivity index (χ3n) is 7.39. The summed E-state index contributed by atoms with van der Waals surface area (Å²) in [6.07, 6.45) is 1.78. The topological polar surface area (TPSA) is 29.5 Å². The van der Waals surface area contributed by atoms with Crippen LogP contribution < -0.4 is 9.64 Å². The molecule has 0 spiro atoms. The number of carbonyl (C=O) groups is 1. The molecule has 0 aromatic heterocycles. The van der Waals surface area contributed by atoms with Gasteiger partial charge in [-0.25, -0.2) is 0 Å². The van der Waals surface area contributed by atoms with E-state index in [-0.39, 0.29) is 11.2 Å². The summed E-state index contributed by atoms with van der Waals surface area (Å²) in [5, 5.41) is 2.07. The van der Waals surface area contributed by atoms with Gasteiger partial charge in [0.1, 0.15) is 12.4 Å². The molecule has 1 atom stereocenters. The highest BCUT2D eigenvalue weighted by atomic mass is 32.1. The van der Waals surface area contributed by atoms with Gasteiger partial charge in [0, 0.05) is 17.1 Å². The van der Waals surface area contributed by atoms with E-state index in [9.17, 15) is 4.79 Å². The van der Waals surface area contributed by atoms with Crippen LogP contribution in [0.3, 0.4) is 0 Å². The SMILES string of the molecule is Cc1cccc(C(=O)S)c1N1c2ccccc2CC1Cc1ccc2c(OCc3ccccc3)cccc2c1. The minimum atomic E-state index is -0.208. The number of thiol groups is 1. The number of carbonyl (C=O) groups excluding carboxylic acids is 1. The van der Waals surface area contributed by atoms with Crippen LogP contribution in [0, 0.1) is 6.92 Å². The standard InChI is InChI=1S/C34H29NO2S/c1-23-9-7-14-30(34(36)38)33(23)35-28(21-27-12-5-6-15-31(27)35)20-25-17-18-29-26(19-25)13-8-16-32(29)37-22-24-10-3-2-4-11-24/h2-19,28H,20-22H2,1H3,(H,36,38). The van der Waals surface area contributed by atoms with Crippen LogP contribution in [0.15, 0.2) is 109 Å². The van der Waals surface area contributed by atoms with Gasteiger partial charge in [-0.1, -0.05) is 91.0 Å². The highest BCUT2D eigenvalue weighted by molar-refractivity contribution is 7.97. The van der Waals surface area contributed by atoms with Crippen molar-refractivity contribution >= 4 is 39.9 Å². The summed E-state index contributed by atoms with van der Waals surface area (Å²) in [6.45, 7) is 2.61. The minimum Gasteiger partial charge on any atom is -0.488 e. The number of benzene rings is 5. The minimum absolute atomic E-state index is 0.190. The molecule has 6 rings (SSSR count). The highest BCUT2D eigenvalue weighted by Gasteiger charge is 2.33. The average molecular weight is 516 g/mol. The van der Waals surface area contributed by atoms with Crippen molar-refractivity contribution in [2.75, 3.05) is 4.90 Å². The van der Waals surface area contributed by atoms with Gasteiger partial charge < -0.3 is 9.64 Å². The molecule has 0 N–H and O–H groups in total. The molecule has 5 aromatic carbocycles. The number of aryl methyl sites for hydroxylation is 1. The Hall–Kier alpha value is -4.02. The van der Waals surface area contributed by atoms with Gasteiger partial charge in [-0.2, -0.15) is 0 Å². The first-order valence-corrected chi connectivity index (χ1v) is 13.4. The van der Waals surface area contributed by atoms with E-state index in [1.807, 2.05) is 36.4 Å². The van der Waals surface area contributed by atoms with E-state index in [1.54, 1.807) is 0 Å². The Bertz CT molecular complexity index is 1630. The largest absolute Gasteiger partial charge is 0.488 e. The monoisotopic (exact) mass is 515 g/mol. The maximum Gasteiger partial charge on any atom is 0.218 e. The number of ether oxygens (including phenoxy) is 1. The van der Waals surface area contributed by atoms with Crippen molar-refractivity contribution in [3.63, 3.8) is 0 Å². The summed E-state index contributed by atoms with van der Waals surface area (Å²) in [6, 6.07) is 37.7. The van der Waals surface area contributed by atoms with E-state index in [0.717, 1.165) is 46.2 Å². The first-order chi connectivity index (χ1) is 18.6. The number of hydrogen-bond donors (Lipinski definition) is 1. The third-order valence-corrected chi connectivity index (χ3v) is 7.64. The quantitative estimate of drug-likeness (QED) is 0.222. The molecular weight excluding hydrogens is 486 g/mol. The number of fused-ring (bicyclic) bond motifs is 2. The van der Waals surface area contributed by atoms with E-state index < -0.39 is 0 Å². The molecular formula is C34H29NO2S. The number of rotatable bonds is 7. The number of para-hydroxylation sites is 2. The van der Waals surface area contributed by atoms with Crippen LogP contribution in [-0.4, -0.2) is 11.2 Å². The van der Waals surface area contributed by atoms with Gasteiger partial charge in [0.25, 0.3) is 0 Å². The molecule has 188 valence electrons. The molecule has 1 aliphatic heterocycles. The molecule has 0 fully saturated rings. The molecule has 1 heterocycles. The van der Waals surface area contributed by atoms with Crippen LogP contribution in [0.1, 0.15) is 32.6 Å². The number of anilines is 2. The summed E-state index contributed by atoms with van der Waals surface area (Å²) < 4.78 is 6.20. The molecule has 0 bridgehead atoms. The van der Waals surface area contributed by atoms with Crippen LogP contribution in [0.4, 0.5) is 11.4 Å². The van der Waals surface area contributed by atoms with Gasteiger partial charge in [-0.3, -0.25) is 4.79 Å². The summed E-state index contributed by atoms with van der Waals surface area (Å²) in [5.41, 5.74) is 7.56. The van der Waals surface area contributed by atoms with Crippen molar-refractivity contribution in [1.82, 2.24) is 0 Å².